The molecule has 0 spiro atoms. The topological polar surface area (TPSA) is 92.9 Å². The van der Waals surface area contributed by atoms with Crippen LogP contribution in [0.15, 0.2) is 18.5 Å². The molecule has 0 saturated carbocycles. The van der Waals surface area contributed by atoms with Gasteiger partial charge in [-0.25, -0.2) is 9.78 Å². The van der Waals surface area contributed by atoms with Gasteiger partial charge >= 0.3 is 5.97 Å². The van der Waals surface area contributed by atoms with Gasteiger partial charge in [0.15, 0.2) is 5.82 Å². The molecular weight excluding hydrogens is 270 g/mol. The van der Waals surface area contributed by atoms with Crippen molar-refractivity contribution in [1.82, 2.24) is 19.7 Å². The zero-order valence-corrected chi connectivity index (χ0v) is 12.5. The van der Waals surface area contributed by atoms with E-state index in [4.69, 9.17) is 0 Å². The van der Waals surface area contributed by atoms with E-state index in [0.29, 0.717) is 5.82 Å². The molecule has 0 aliphatic rings. The lowest BCUT2D eigenvalue weighted by Gasteiger charge is -2.16. The van der Waals surface area contributed by atoms with E-state index >= 15 is 0 Å². The molecular formula is C14H19N5O2. The number of rotatable bonds is 5. The normalized spacial score (nSPS) is 12.4. The fourth-order valence-corrected chi connectivity index (χ4v) is 2.02. The molecule has 0 aliphatic heterocycles. The summed E-state index contributed by atoms with van der Waals surface area (Å²) in [5.41, 5.74) is 0.962. The maximum atomic E-state index is 11.2. The minimum atomic E-state index is -0.964. The Hall–Kier alpha value is -2.44. The molecule has 21 heavy (non-hydrogen) atoms. The van der Waals surface area contributed by atoms with Gasteiger partial charge in [-0.1, -0.05) is 13.8 Å². The number of carboxylic acid groups (broad SMARTS) is 1. The highest BCUT2D eigenvalue weighted by molar-refractivity contribution is 5.88. The van der Waals surface area contributed by atoms with Gasteiger partial charge in [0.2, 0.25) is 0 Å². The van der Waals surface area contributed by atoms with Crippen LogP contribution in [0.3, 0.4) is 0 Å². The van der Waals surface area contributed by atoms with Crippen LogP contribution in [0.25, 0.3) is 0 Å². The van der Waals surface area contributed by atoms with Crippen molar-refractivity contribution in [2.24, 2.45) is 7.05 Å². The van der Waals surface area contributed by atoms with Crippen LogP contribution in [-0.4, -0.2) is 30.8 Å². The number of hydrogen-bond acceptors (Lipinski definition) is 5. The molecule has 2 N–H and O–H groups in total. The largest absolute Gasteiger partial charge is 0.478 e. The third kappa shape index (κ3) is 3.36. The molecule has 1 atom stereocenters. The van der Waals surface area contributed by atoms with Crippen LogP contribution in [0.1, 0.15) is 54.6 Å². The first-order valence-corrected chi connectivity index (χ1v) is 6.74. The first-order chi connectivity index (χ1) is 9.88. The summed E-state index contributed by atoms with van der Waals surface area (Å²) in [6.07, 6.45) is 1.62. The van der Waals surface area contributed by atoms with Crippen molar-refractivity contribution in [2.45, 2.75) is 32.7 Å². The molecule has 2 aromatic rings. The second-order valence-electron chi connectivity index (χ2n) is 5.29. The number of hydrogen-bond donors (Lipinski definition) is 2. The first-order valence-electron chi connectivity index (χ1n) is 6.74. The first kappa shape index (κ1) is 15.0. The maximum Gasteiger partial charge on any atom is 0.335 e. The molecule has 7 nitrogen and oxygen atoms in total. The molecule has 0 fully saturated rings. The average Bonchev–Trinajstić information content (AvgIpc) is 2.84. The summed E-state index contributed by atoms with van der Waals surface area (Å²) in [7, 11) is 1.86. The van der Waals surface area contributed by atoms with Gasteiger partial charge < -0.3 is 15.0 Å². The number of carbonyl (C=O) groups is 1. The standard InChI is InChI=1S/C14H19N5O2/c1-8(2)11-5-10(14(20)21)6-12(17-11)16-9(3)13-18-15-7-19(13)4/h5-9H,1-4H3,(H,16,17)(H,20,21). The SMILES string of the molecule is CC(C)c1cc(C(=O)O)cc(NC(C)c2nncn2C)n1. The fourth-order valence-electron chi connectivity index (χ4n) is 2.02. The van der Waals surface area contributed by atoms with E-state index in [1.165, 1.54) is 6.07 Å². The summed E-state index contributed by atoms with van der Waals surface area (Å²) in [4.78, 5) is 15.7. The number of aryl methyl sites for hydroxylation is 1. The van der Waals surface area contributed by atoms with Gasteiger partial charge in [-0.15, -0.1) is 10.2 Å². The highest BCUT2D eigenvalue weighted by Gasteiger charge is 2.15. The van der Waals surface area contributed by atoms with Crippen LogP contribution in [-0.2, 0) is 7.05 Å². The minimum absolute atomic E-state index is 0.131. The van der Waals surface area contributed by atoms with Crippen molar-refractivity contribution in [2.75, 3.05) is 5.32 Å². The Morgan fingerprint density at radius 1 is 1.33 bits per heavy atom. The number of aromatic carboxylic acids is 1. The quantitative estimate of drug-likeness (QED) is 0.876. The van der Waals surface area contributed by atoms with Crippen molar-refractivity contribution >= 4 is 11.8 Å². The minimum Gasteiger partial charge on any atom is -0.478 e. The van der Waals surface area contributed by atoms with Crippen LogP contribution in [0, 0.1) is 0 Å². The molecule has 0 aromatic carbocycles. The number of nitrogens with one attached hydrogen (secondary N) is 1. The van der Waals surface area contributed by atoms with E-state index in [0.717, 1.165) is 11.5 Å². The second-order valence-corrected chi connectivity index (χ2v) is 5.29. The molecule has 0 bridgehead atoms. The van der Waals surface area contributed by atoms with Gasteiger partial charge in [-0.05, 0) is 25.0 Å². The molecule has 0 saturated heterocycles. The zero-order valence-electron chi connectivity index (χ0n) is 12.5. The van der Waals surface area contributed by atoms with Crippen LogP contribution in [0.5, 0.6) is 0 Å². The van der Waals surface area contributed by atoms with Crippen molar-refractivity contribution in [3.8, 4) is 0 Å². The Morgan fingerprint density at radius 3 is 2.57 bits per heavy atom. The van der Waals surface area contributed by atoms with Crippen LogP contribution >= 0.6 is 0 Å². The summed E-state index contributed by atoms with van der Waals surface area (Å²) in [6.45, 7) is 5.88. The Balaban J connectivity index is 2.31. The summed E-state index contributed by atoms with van der Waals surface area (Å²) >= 11 is 0. The van der Waals surface area contributed by atoms with Crippen LogP contribution in [0.2, 0.25) is 0 Å². The molecule has 2 rings (SSSR count). The number of carboxylic acids is 1. The third-order valence-electron chi connectivity index (χ3n) is 3.18. The lowest BCUT2D eigenvalue weighted by atomic mass is 10.1. The van der Waals surface area contributed by atoms with E-state index in [1.54, 1.807) is 12.4 Å². The number of pyridine rings is 1. The molecule has 1 unspecified atom stereocenters. The van der Waals surface area contributed by atoms with Gasteiger partial charge in [0.25, 0.3) is 0 Å². The van der Waals surface area contributed by atoms with Gasteiger partial charge in [-0.2, -0.15) is 0 Å². The number of anilines is 1. The molecule has 2 heterocycles. The average molecular weight is 289 g/mol. The molecule has 0 amide bonds. The second kappa shape index (κ2) is 5.90. The zero-order chi connectivity index (χ0) is 15.6. The summed E-state index contributed by atoms with van der Waals surface area (Å²) in [5.74, 6) is 0.460. The third-order valence-corrected chi connectivity index (χ3v) is 3.18. The highest BCUT2D eigenvalue weighted by Crippen LogP contribution is 2.21. The molecule has 7 heteroatoms. The van der Waals surface area contributed by atoms with Gasteiger partial charge in [0, 0.05) is 12.7 Å². The van der Waals surface area contributed by atoms with Crippen LogP contribution < -0.4 is 5.32 Å². The van der Waals surface area contributed by atoms with Crippen molar-refractivity contribution in [3.63, 3.8) is 0 Å². The Kier molecular flexibility index (Phi) is 4.21. The Morgan fingerprint density at radius 2 is 2.05 bits per heavy atom. The number of aromatic nitrogens is 4. The fraction of sp³-hybridized carbons (Fsp3) is 0.429. The van der Waals surface area contributed by atoms with E-state index < -0.39 is 5.97 Å². The molecule has 112 valence electrons. The summed E-state index contributed by atoms with van der Waals surface area (Å²) in [5, 5.41) is 20.2. The smallest absolute Gasteiger partial charge is 0.335 e. The van der Waals surface area contributed by atoms with E-state index in [9.17, 15) is 9.90 Å². The van der Waals surface area contributed by atoms with Gasteiger partial charge in [0.05, 0.1) is 11.6 Å². The molecule has 0 radical (unpaired) electrons. The highest BCUT2D eigenvalue weighted by atomic mass is 16.4. The monoisotopic (exact) mass is 289 g/mol. The lowest BCUT2D eigenvalue weighted by molar-refractivity contribution is 0.0696. The molecule has 2 aromatic heterocycles. The van der Waals surface area contributed by atoms with Crippen molar-refractivity contribution in [3.05, 3.63) is 35.5 Å². The number of nitrogens with zero attached hydrogens (tertiary/aromatic N) is 4. The van der Waals surface area contributed by atoms with E-state index in [-0.39, 0.29) is 17.5 Å². The Labute approximate surface area is 123 Å². The van der Waals surface area contributed by atoms with Crippen molar-refractivity contribution < 1.29 is 9.90 Å². The summed E-state index contributed by atoms with van der Waals surface area (Å²) in [6, 6.07) is 3.00. The van der Waals surface area contributed by atoms with E-state index in [2.05, 4.69) is 20.5 Å². The Bertz CT molecular complexity index is 651. The predicted molar refractivity (Wildman–Crippen MR) is 78.3 cm³/mol. The van der Waals surface area contributed by atoms with Crippen LogP contribution in [0.4, 0.5) is 5.82 Å². The van der Waals surface area contributed by atoms with Crippen molar-refractivity contribution in [1.29, 1.82) is 0 Å². The molecule has 0 aliphatic carbocycles. The van der Waals surface area contributed by atoms with Gasteiger partial charge in [0.1, 0.15) is 12.1 Å². The van der Waals surface area contributed by atoms with Gasteiger partial charge in [-0.3, -0.25) is 0 Å². The maximum absolute atomic E-state index is 11.2. The lowest BCUT2D eigenvalue weighted by Crippen LogP contribution is -2.14. The predicted octanol–water partition coefficient (Wildman–Crippen LogP) is 2.20. The van der Waals surface area contributed by atoms with E-state index in [1.807, 2.05) is 32.4 Å². The summed E-state index contributed by atoms with van der Waals surface area (Å²) < 4.78 is 1.81.